The molecule has 0 amide bonds. The highest BCUT2D eigenvalue weighted by Gasteiger charge is 2.42. The second-order valence-electron chi connectivity index (χ2n) is 7.28. The lowest BCUT2D eigenvalue weighted by Crippen LogP contribution is -2.39. The molecule has 0 saturated carbocycles. The van der Waals surface area contributed by atoms with Gasteiger partial charge in [-0.2, -0.15) is 0 Å². The number of benzene rings is 1. The van der Waals surface area contributed by atoms with E-state index in [1.54, 1.807) is 18.2 Å². The Balaban J connectivity index is 1.60. The molecular weight excluding hydrogens is 414 g/mol. The fourth-order valence-electron chi connectivity index (χ4n) is 3.64. The summed E-state index contributed by atoms with van der Waals surface area (Å²) in [5.41, 5.74) is 3.99. The van der Waals surface area contributed by atoms with Crippen molar-refractivity contribution in [3.05, 3.63) is 42.4 Å². The molecule has 4 atom stereocenters. The van der Waals surface area contributed by atoms with Crippen molar-refractivity contribution in [1.82, 2.24) is 9.55 Å². The van der Waals surface area contributed by atoms with Crippen molar-refractivity contribution >= 4 is 21.6 Å². The summed E-state index contributed by atoms with van der Waals surface area (Å²) in [5, 5.41) is 33.2. The Morgan fingerprint density at radius 3 is 2.73 bits per heavy atom. The number of anilines is 1. The highest BCUT2D eigenvalue weighted by Crippen LogP contribution is 2.39. The predicted octanol–water partition coefficient (Wildman–Crippen LogP) is -0.727. The van der Waals surface area contributed by atoms with Gasteiger partial charge in [-0.1, -0.05) is 18.2 Å². The summed E-state index contributed by atoms with van der Waals surface area (Å²) < 4.78 is 32.4. The van der Waals surface area contributed by atoms with E-state index in [1.165, 1.54) is 23.0 Å². The van der Waals surface area contributed by atoms with Crippen LogP contribution in [0.1, 0.15) is 24.8 Å². The summed E-state index contributed by atoms with van der Waals surface area (Å²) in [6, 6.07) is 7.93. The molecule has 1 saturated heterocycles. The Labute approximate surface area is 172 Å². The number of aliphatic hydroxyl groups is 3. The molecule has 2 aromatic rings. The van der Waals surface area contributed by atoms with Crippen molar-refractivity contribution in [2.24, 2.45) is 10.7 Å². The van der Waals surface area contributed by atoms with Crippen LogP contribution in [-0.2, 0) is 20.3 Å². The van der Waals surface area contributed by atoms with Crippen LogP contribution in [0.15, 0.2) is 46.5 Å². The molecule has 6 N–H and O–H groups in total. The molecule has 11 nitrogen and oxygen atoms in total. The number of nitrogens with zero attached hydrogens (tertiary/aromatic N) is 3. The number of imidazole rings is 1. The van der Waals surface area contributed by atoms with Crippen molar-refractivity contribution in [3.8, 4) is 0 Å². The highest BCUT2D eigenvalue weighted by molar-refractivity contribution is 7.91. The predicted molar refractivity (Wildman–Crippen MR) is 106 cm³/mol. The molecule has 1 aromatic heterocycles. The zero-order chi connectivity index (χ0) is 21.5. The van der Waals surface area contributed by atoms with Gasteiger partial charge in [0.05, 0.1) is 29.7 Å². The molecule has 162 valence electrons. The van der Waals surface area contributed by atoms with Gasteiger partial charge in [-0.25, -0.2) is 18.4 Å². The van der Waals surface area contributed by atoms with E-state index >= 15 is 0 Å². The summed E-state index contributed by atoms with van der Waals surface area (Å²) in [5.74, 6) is -0.194. The van der Waals surface area contributed by atoms with Gasteiger partial charge >= 0.3 is 0 Å². The minimum absolute atomic E-state index is 0.102. The number of aliphatic imine (C=N–C) groups is 1. The van der Waals surface area contributed by atoms with Gasteiger partial charge in [0.25, 0.3) is 0 Å². The van der Waals surface area contributed by atoms with Gasteiger partial charge in [0.1, 0.15) is 23.8 Å². The van der Waals surface area contributed by atoms with Gasteiger partial charge in [-0.15, -0.1) is 0 Å². The van der Waals surface area contributed by atoms with E-state index < -0.39 is 34.0 Å². The van der Waals surface area contributed by atoms with E-state index in [0.717, 1.165) is 0 Å². The topological polar surface area (TPSA) is 172 Å². The Morgan fingerprint density at radius 1 is 1.33 bits per heavy atom. The zero-order valence-corrected chi connectivity index (χ0v) is 16.7. The third-order valence-corrected chi connectivity index (χ3v) is 6.97. The van der Waals surface area contributed by atoms with Crippen LogP contribution in [0.2, 0.25) is 0 Å². The lowest BCUT2D eigenvalue weighted by atomic mass is 10.1. The van der Waals surface area contributed by atoms with E-state index in [4.69, 9.17) is 10.5 Å². The second kappa shape index (κ2) is 7.63. The molecule has 0 aliphatic carbocycles. The normalized spacial score (nSPS) is 28.6. The summed E-state index contributed by atoms with van der Waals surface area (Å²) in [7, 11) is -3.66. The van der Waals surface area contributed by atoms with Gasteiger partial charge in [0.2, 0.25) is 5.72 Å². The second-order valence-corrected chi connectivity index (χ2v) is 9.39. The third-order valence-electron chi connectivity index (χ3n) is 5.24. The van der Waals surface area contributed by atoms with E-state index in [9.17, 15) is 23.7 Å². The maximum Gasteiger partial charge on any atom is 0.207 e. The first-order chi connectivity index (χ1) is 14.2. The number of nitrogens with two attached hydrogens (primary N) is 1. The summed E-state index contributed by atoms with van der Waals surface area (Å²) in [6.45, 7) is -0.340. The molecule has 1 fully saturated rings. The van der Waals surface area contributed by atoms with E-state index in [-0.39, 0.29) is 47.6 Å². The molecule has 3 heterocycles. The molecule has 1 unspecified atom stereocenters. The number of sulfone groups is 1. The van der Waals surface area contributed by atoms with Crippen molar-refractivity contribution in [2.45, 2.75) is 41.9 Å². The van der Waals surface area contributed by atoms with Crippen LogP contribution < -0.4 is 11.1 Å². The number of nitrogens with one attached hydrogen (secondary N) is 1. The van der Waals surface area contributed by atoms with Crippen molar-refractivity contribution in [2.75, 3.05) is 17.7 Å². The monoisotopic (exact) mass is 437 g/mol. The number of rotatable bonds is 6. The minimum atomic E-state index is -3.66. The van der Waals surface area contributed by atoms with Crippen LogP contribution in [0.3, 0.4) is 0 Å². The largest absolute Gasteiger partial charge is 0.394 e. The highest BCUT2D eigenvalue weighted by atomic mass is 32.2. The molecule has 0 radical (unpaired) electrons. The van der Waals surface area contributed by atoms with Crippen LogP contribution in [0.4, 0.5) is 5.82 Å². The molecule has 0 spiro atoms. The number of guanidine groups is 1. The van der Waals surface area contributed by atoms with Crippen molar-refractivity contribution in [1.29, 1.82) is 0 Å². The van der Waals surface area contributed by atoms with E-state index in [1.807, 2.05) is 0 Å². The lowest BCUT2D eigenvalue weighted by Gasteiger charge is -2.29. The third kappa shape index (κ3) is 3.68. The molecule has 1 aromatic carbocycles. The van der Waals surface area contributed by atoms with Gasteiger partial charge in [0.15, 0.2) is 15.8 Å². The SMILES string of the molecule is NC1=NC(O)(CCS(=O)(=O)c2ccccc2)c2ncn([C@H]3C[C@H](O)[C@@H](CO)O3)c2N1. The van der Waals surface area contributed by atoms with Crippen LogP contribution in [0.25, 0.3) is 0 Å². The molecule has 4 rings (SSSR count). The van der Waals surface area contributed by atoms with Crippen LogP contribution in [-0.4, -0.2) is 63.8 Å². The minimum Gasteiger partial charge on any atom is -0.394 e. The van der Waals surface area contributed by atoms with Gasteiger partial charge in [-0.05, 0) is 12.1 Å². The first-order valence-electron chi connectivity index (χ1n) is 9.38. The summed E-state index contributed by atoms with van der Waals surface area (Å²) in [6.07, 6.45) is -0.916. The van der Waals surface area contributed by atoms with Crippen molar-refractivity contribution < 1.29 is 28.5 Å². The Kier molecular flexibility index (Phi) is 5.28. The average Bonchev–Trinajstić information content (AvgIpc) is 3.30. The smallest absolute Gasteiger partial charge is 0.207 e. The number of ether oxygens (including phenoxy) is 1. The molecule has 2 aliphatic heterocycles. The van der Waals surface area contributed by atoms with Crippen LogP contribution in [0, 0.1) is 0 Å². The van der Waals surface area contributed by atoms with Gasteiger partial charge < -0.3 is 31.1 Å². The Hall–Kier alpha value is -2.51. The lowest BCUT2D eigenvalue weighted by molar-refractivity contribution is -0.0438. The number of aromatic nitrogens is 2. The van der Waals surface area contributed by atoms with E-state index in [2.05, 4.69) is 15.3 Å². The number of hydrogen-bond donors (Lipinski definition) is 5. The zero-order valence-electron chi connectivity index (χ0n) is 15.9. The Morgan fingerprint density at radius 2 is 2.07 bits per heavy atom. The number of aliphatic hydroxyl groups excluding tert-OH is 2. The Bertz CT molecular complexity index is 1060. The molecule has 30 heavy (non-hydrogen) atoms. The van der Waals surface area contributed by atoms with Crippen LogP contribution in [0.5, 0.6) is 0 Å². The first kappa shape index (κ1) is 20.8. The average molecular weight is 437 g/mol. The summed E-state index contributed by atoms with van der Waals surface area (Å²) in [4.78, 5) is 8.36. The fourth-order valence-corrected chi connectivity index (χ4v) is 5.01. The first-order valence-corrected chi connectivity index (χ1v) is 11.0. The van der Waals surface area contributed by atoms with Gasteiger partial charge in [0, 0.05) is 12.8 Å². The van der Waals surface area contributed by atoms with Crippen LogP contribution >= 0.6 is 0 Å². The summed E-state index contributed by atoms with van der Waals surface area (Å²) >= 11 is 0. The molecule has 2 aliphatic rings. The number of hydrogen-bond acceptors (Lipinski definition) is 10. The molecular formula is C18H23N5O6S. The fraction of sp³-hybridized carbons (Fsp3) is 0.444. The number of fused-ring (bicyclic) bond motifs is 1. The standard InChI is InChI=1S/C18H23N5O6S/c19-17-21-16-15(20-10-23(16)14-8-12(25)13(9-24)29-14)18(26,22-17)6-7-30(27,28)11-4-2-1-3-5-11/h1-5,10,12-14,24-26H,6-9H2,(H3,19,21,22)/t12-,13+,14+,18?/m0/s1. The molecule has 12 heteroatoms. The maximum absolute atomic E-state index is 12.6. The maximum atomic E-state index is 12.6. The van der Waals surface area contributed by atoms with Gasteiger partial charge in [-0.3, -0.25) is 4.57 Å². The van der Waals surface area contributed by atoms with Crippen molar-refractivity contribution in [3.63, 3.8) is 0 Å². The quantitative estimate of drug-likeness (QED) is 0.391. The molecule has 0 bridgehead atoms. The van der Waals surface area contributed by atoms with E-state index in [0.29, 0.717) is 0 Å².